The minimum Gasteiger partial charge on any atom is -0.462 e. The number of allylic oxidation sites excluding steroid dienone is 4. The average Bonchev–Trinajstić information content (AvgIpc) is 3.25. The molecule has 5 nitrogen and oxygen atoms in total. The molecule has 0 unspecified atom stereocenters. The summed E-state index contributed by atoms with van der Waals surface area (Å²) in [5, 5.41) is 0. The van der Waals surface area contributed by atoms with Crippen LogP contribution >= 0.6 is 0 Å². The van der Waals surface area contributed by atoms with Gasteiger partial charge >= 0.3 is 11.9 Å². The minimum atomic E-state index is -0.537. The van der Waals surface area contributed by atoms with E-state index in [0.29, 0.717) is 19.4 Å². The van der Waals surface area contributed by atoms with Crippen LogP contribution < -0.4 is 0 Å². The summed E-state index contributed by atoms with van der Waals surface area (Å²) in [6.07, 6.45) is 60.4. The fraction of sp³-hybridized carbons (Fsp3) is 0.891. The van der Waals surface area contributed by atoms with Gasteiger partial charge in [-0.05, 0) is 70.6 Å². The molecular weight excluding hydrogens is 741 g/mol. The van der Waals surface area contributed by atoms with E-state index < -0.39 is 6.10 Å². The molecule has 0 aliphatic heterocycles. The van der Waals surface area contributed by atoms with E-state index in [-0.39, 0.29) is 25.2 Å². The highest BCUT2D eigenvalue weighted by molar-refractivity contribution is 5.70. The second kappa shape index (κ2) is 51.7. The van der Waals surface area contributed by atoms with Crippen molar-refractivity contribution in [3.63, 3.8) is 0 Å². The third kappa shape index (κ3) is 49.0. The second-order valence-corrected chi connectivity index (χ2v) is 18.1. The molecule has 0 aromatic carbocycles. The molecule has 0 N–H and O–H groups in total. The first-order valence-electron chi connectivity index (χ1n) is 26.9. The number of carbonyl (C=O) groups is 2. The van der Waals surface area contributed by atoms with Crippen LogP contribution in [0.1, 0.15) is 290 Å². The van der Waals surface area contributed by atoms with Gasteiger partial charge in [-0.15, -0.1) is 0 Å². The first-order chi connectivity index (χ1) is 29.6. The second-order valence-electron chi connectivity index (χ2n) is 18.1. The van der Waals surface area contributed by atoms with Gasteiger partial charge in [0.05, 0.1) is 6.61 Å². The largest absolute Gasteiger partial charge is 0.462 e. The number of hydrogen-bond donors (Lipinski definition) is 0. The van der Waals surface area contributed by atoms with E-state index in [4.69, 9.17) is 14.2 Å². The SMILES string of the molecule is CCCCCCCC/C=C\CCCCCCCC(=O)OC[C@@H](COCCCCCCCCCCCCCCCC)OC(=O)CCCCCCC/C=C\CCCCCCCC. The van der Waals surface area contributed by atoms with Crippen molar-refractivity contribution < 1.29 is 23.8 Å². The summed E-state index contributed by atoms with van der Waals surface area (Å²) < 4.78 is 17.4. The summed E-state index contributed by atoms with van der Waals surface area (Å²) in [4.78, 5) is 25.4. The van der Waals surface area contributed by atoms with Crippen LogP contribution in [0.2, 0.25) is 0 Å². The fourth-order valence-corrected chi connectivity index (χ4v) is 7.91. The van der Waals surface area contributed by atoms with E-state index in [1.165, 1.54) is 199 Å². The Morgan fingerprint density at radius 2 is 0.650 bits per heavy atom. The van der Waals surface area contributed by atoms with Crippen molar-refractivity contribution >= 4 is 11.9 Å². The molecule has 0 aliphatic carbocycles. The summed E-state index contributed by atoms with van der Waals surface area (Å²) >= 11 is 0. The normalized spacial score (nSPS) is 12.2. The molecule has 1 atom stereocenters. The smallest absolute Gasteiger partial charge is 0.306 e. The van der Waals surface area contributed by atoms with Crippen LogP contribution in [-0.2, 0) is 23.8 Å². The number of ether oxygens (including phenoxy) is 3. The van der Waals surface area contributed by atoms with Gasteiger partial charge in [-0.25, -0.2) is 0 Å². The van der Waals surface area contributed by atoms with Gasteiger partial charge in [0.15, 0.2) is 6.10 Å². The van der Waals surface area contributed by atoms with Gasteiger partial charge < -0.3 is 14.2 Å². The lowest BCUT2D eigenvalue weighted by Gasteiger charge is -2.18. The molecule has 0 spiro atoms. The van der Waals surface area contributed by atoms with Crippen LogP contribution in [0, 0.1) is 0 Å². The Balaban J connectivity index is 4.25. The number of rotatable bonds is 50. The van der Waals surface area contributed by atoms with Crippen LogP contribution in [0.5, 0.6) is 0 Å². The van der Waals surface area contributed by atoms with Crippen LogP contribution in [0.25, 0.3) is 0 Å². The number of unbranched alkanes of at least 4 members (excludes halogenated alkanes) is 35. The zero-order valence-corrected chi connectivity index (χ0v) is 40.7. The van der Waals surface area contributed by atoms with E-state index in [9.17, 15) is 9.59 Å². The van der Waals surface area contributed by atoms with Crippen molar-refractivity contribution in [3.05, 3.63) is 24.3 Å². The maximum absolute atomic E-state index is 12.8. The van der Waals surface area contributed by atoms with Crippen LogP contribution in [0.3, 0.4) is 0 Å². The average molecular weight is 845 g/mol. The molecule has 0 saturated heterocycles. The van der Waals surface area contributed by atoms with Crippen molar-refractivity contribution in [3.8, 4) is 0 Å². The maximum Gasteiger partial charge on any atom is 0.306 e. The van der Waals surface area contributed by atoms with E-state index in [2.05, 4.69) is 45.1 Å². The quantitative estimate of drug-likeness (QED) is 0.0347. The molecule has 0 aliphatic rings. The molecule has 0 rings (SSSR count). The predicted octanol–water partition coefficient (Wildman–Crippen LogP) is 18.0. The zero-order chi connectivity index (χ0) is 43.5. The van der Waals surface area contributed by atoms with Gasteiger partial charge in [0.2, 0.25) is 0 Å². The lowest BCUT2D eigenvalue weighted by atomic mass is 10.0. The van der Waals surface area contributed by atoms with E-state index in [1.807, 2.05) is 0 Å². The highest BCUT2D eigenvalue weighted by atomic mass is 16.6. The van der Waals surface area contributed by atoms with Crippen LogP contribution in [0.4, 0.5) is 0 Å². The van der Waals surface area contributed by atoms with Crippen molar-refractivity contribution in [1.82, 2.24) is 0 Å². The van der Waals surface area contributed by atoms with Gasteiger partial charge in [-0.1, -0.05) is 231 Å². The third-order valence-electron chi connectivity index (χ3n) is 12.0. The Hall–Kier alpha value is -1.62. The molecule has 0 saturated carbocycles. The predicted molar refractivity (Wildman–Crippen MR) is 261 cm³/mol. The Labute approximate surface area is 375 Å². The highest BCUT2D eigenvalue weighted by Crippen LogP contribution is 2.15. The standard InChI is InChI=1S/C55H104O5/c1-4-7-10-13-16-19-22-25-28-30-33-36-39-42-45-48-54(56)59-52-53(51-58-50-47-44-41-38-35-32-27-24-21-18-15-12-9-6-3)60-55(57)49-46-43-40-37-34-31-29-26-23-20-17-14-11-8-5-2/h25-26,28-29,53H,4-24,27,30-52H2,1-3H3/b28-25-,29-26-/t53-/m1/s1. The Morgan fingerprint density at radius 3 is 1.02 bits per heavy atom. The molecule has 0 fully saturated rings. The molecule has 0 heterocycles. The number of esters is 2. The van der Waals surface area contributed by atoms with E-state index in [1.54, 1.807) is 0 Å². The lowest BCUT2D eigenvalue weighted by Crippen LogP contribution is -2.30. The third-order valence-corrected chi connectivity index (χ3v) is 12.0. The molecule has 0 aromatic rings. The Kier molecular flexibility index (Phi) is 50.3. The maximum atomic E-state index is 12.8. The minimum absolute atomic E-state index is 0.0841. The first-order valence-corrected chi connectivity index (χ1v) is 26.9. The molecular formula is C55H104O5. The van der Waals surface area contributed by atoms with Crippen molar-refractivity contribution in [2.45, 2.75) is 297 Å². The van der Waals surface area contributed by atoms with Crippen molar-refractivity contribution in [2.75, 3.05) is 19.8 Å². The molecule has 5 heteroatoms. The molecule has 0 amide bonds. The van der Waals surface area contributed by atoms with Crippen LogP contribution in [0.15, 0.2) is 24.3 Å². The molecule has 0 bridgehead atoms. The van der Waals surface area contributed by atoms with Gasteiger partial charge in [-0.3, -0.25) is 9.59 Å². The summed E-state index contributed by atoms with van der Waals surface area (Å²) in [5.74, 6) is -0.399. The van der Waals surface area contributed by atoms with Gasteiger partial charge in [0.1, 0.15) is 6.61 Å². The van der Waals surface area contributed by atoms with Gasteiger partial charge in [0.25, 0.3) is 0 Å². The summed E-state index contributed by atoms with van der Waals surface area (Å²) in [6, 6.07) is 0. The molecule has 0 aromatic heterocycles. The van der Waals surface area contributed by atoms with Crippen molar-refractivity contribution in [1.29, 1.82) is 0 Å². The van der Waals surface area contributed by atoms with Gasteiger partial charge in [0, 0.05) is 19.4 Å². The summed E-state index contributed by atoms with van der Waals surface area (Å²) in [5.41, 5.74) is 0. The van der Waals surface area contributed by atoms with Gasteiger partial charge in [-0.2, -0.15) is 0 Å². The Bertz CT molecular complexity index is 913. The monoisotopic (exact) mass is 845 g/mol. The summed E-state index contributed by atoms with van der Waals surface area (Å²) in [7, 11) is 0. The van der Waals surface area contributed by atoms with Crippen LogP contribution in [-0.4, -0.2) is 37.9 Å². The molecule has 0 radical (unpaired) electrons. The van der Waals surface area contributed by atoms with E-state index in [0.717, 1.165) is 57.8 Å². The lowest BCUT2D eigenvalue weighted by molar-refractivity contribution is -0.163. The molecule has 60 heavy (non-hydrogen) atoms. The number of hydrogen-bond acceptors (Lipinski definition) is 5. The number of carbonyl (C=O) groups excluding carboxylic acids is 2. The first kappa shape index (κ1) is 58.4. The van der Waals surface area contributed by atoms with Crippen molar-refractivity contribution in [2.24, 2.45) is 0 Å². The highest BCUT2D eigenvalue weighted by Gasteiger charge is 2.17. The fourth-order valence-electron chi connectivity index (χ4n) is 7.91. The zero-order valence-electron chi connectivity index (χ0n) is 40.7. The summed E-state index contributed by atoms with van der Waals surface area (Å²) in [6.45, 7) is 7.86. The Morgan fingerprint density at radius 1 is 0.350 bits per heavy atom. The topological polar surface area (TPSA) is 61.8 Å². The van der Waals surface area contributed by atoms with E-state index >= 15 is 0 Å². The molecule has 354 valence electrons.